The van der Waals surface area contributed by atoms with Crippen LogP contribution in [0.2, 0.25) is 10.2 Å². The van der Waals surface area contributed by atoms with E-state index in [1.807, 2.05) is 17.0 Å². The minimum atomic E-state index is -0.338. The van der Waals surface area contributed by atoms with Gasteiger partial charge in [-0.1, -0.05) is 35.3 Å². The minimum Gasteiger partial charge on any atom is -0.382 e. The summed E-state index contributed by atoms with van der Waals surface area (Å²) in [5.41, 5.74) is 18.3. The van der Waals surface area contributed by atoms with Gasteiger partial charge in [-0.3, -0.25) is 9.59 Å². The molecule has 3 aliphatic heterocycles. The number of piperidine rings is 1. The Morgan fingerprint density at radius 1 is 1.13 bits per heavy atom. The maximum absolute atomic E-state index is 13.2. The minimum absolute atomic E-state index is 0.00791. The molecule has 0 saturated carbocycles. The number of carbonyl (C=O) groups is 2. The number of aliphatic imine (C=N–C) groups is 2. The average Bonchev–Trinajstić information content (AvgIpc) is 3.45. The number of rotatable bonds is 4. The number of halogens is 2. The van der Waals surface area contributed by atoms with Gasteiger partial charge in [-0.05, 0) is 30.5 Å². The van der Waals surface area contributed by atoms with Crippen molar-refractivity contribution >= 4 is 58.4 Å². The number of carbonyl (C=O) groups excluding carboxylic acids is 2. The summed E-state index contributed by atoms with van der Waals surface area (Å²) in [7, 11) is 0. The molecule has 1 spiro atoms. The normalized spacial score (nSPS) is 21.1. The molecule has 38 heavy (non-hydrogen) atoms. The fourth-order valence-electron chi connectivity index (χ4n) is 5.00. The number of benzene rings is 1. The van der Waals surface area contributed by atoms with Gasteiger partial charge in [0.1, 0.15) is 5.69 Å². The number of nitrogens with zero attached hydrogens (tertiary/aromatic N) is 6. The van der Waals surface area contributed by atoms with Crippen molar-refractivity contribution in [3.63, 3.8) is 0 Å². The maximum Gasteiger partial charge on any atom is 0.227 e. The third kappa shape index (κ3) is 5.32. The standard InChI is InChI=1S/C24H28Cl2N10O2/c25-15-3-1-13(2-4-15)10-36-11-14(9-16(36)37)22(38)35-7-5-24(6-8-35)12-30-23(34-24)33-20(28)17-19(27)32-21(29)18(26)31-17/h1-4,14H,5-12H2,(H4,27,29,32)(H3,28,30,33,34). The second-order valence-electron chi connectivity index (χ2n) is 9.80. The Balaban J connectivity index is 1.15. The zero-order valence-electron chi connectivity index (χ0n) is 20.5. The Morgan fingerprint density at radius 3 is 2.55 bits per heavy atom. The van der Waals surface area contributed by atoms with Gasteiger partial charge < -0.3 is 32.3 Å². The molecule has 12 nitrogen and oxygen atoms in total. The van der Waals surface area contributed by atoms with Crippen molar-refractivity contribution in [2.24, 2.45) is 21.6 Å². The number of aromatic nitrogens is 2. The van der Waals surface area contributed by atoms with E-state index in [1.54, 1.807) is 17.0 Å². The Bertz CT molecular complexity index is 1320. The van der Waals surface area contributed by atoms with Crippen molar-refractivity contribution in [3.8, 4) is 0 Å². The molecule has 2 amide bonds. The third-order valence-electron chi connectivity index (χ3n) is 7.16. The molecule has 200 valence electrons. The first kappa shape index (κ1) is 26.0. The summed E-state index contributed by atoms with van der Waals surface area (Å²) in [6.07, 6.45) is 1.60. The molecule has 2 aromatic rings. The Kier molecular flexibility index (Phi) is 7.01. The molecule has 2 saturated heterocycles. The molecule has 2 fully saturated rings. The average molecular weight is 559 g/mol. The molecule has 1 aromatic carbocycles. The van der Waals surface area contributed by atoms with E-state index in [4.69, 9.17) is 40.4 Å². The van der Waals surface area contributed by atoms with Crippen LogP contribution in [0.25, 0.3) is 0 Å². The molecule has 0 aliphatic carbocycles. The third-order valence-corrected chi connectivity index (χ3v) is 7.70. The van der Waals surface area contributed by atoms with Crippen molar-refractivity contribution < 1.29 is 9.59 Å². The quantitative estimate of drug-likeness (QED) is 0.316. The van der Waals surface area contributed by atoms with Gasteiger partial charge in [0.25, 0.3) is 0 Å². The Labute approximate surface area is 229 Å². The van der Waals surface area contributed by atoms with Gasteiger partial charge in [0.05, 0.1) is 18.0 Å². The van der Waals surface area contributed by atoms with Gasteiger partial charge in [-0.2, -0.15) is 4.99 Å². The van der Waals surface area contributed by atoms with Crippen molar-refractivity contribution in [2.45, 2.75) is 31.3 Å². The highest BCUT2D eigenvalue weighted by molar-refractivity contribution is 6.32. The van der Waals surface area contributed by atoms with Crippen LogP contribution in [0.15, 0.2) is 34.3 Å². The van der Waals surface area contributed by atoms with Crippen LogP contribution in [-0.2, 0) is 16.1 Å². The van der Waals surface area contributed by atoms with Gasteiger partial charge in [0, 0.05) is 37.6 Å². The molecule has 4 heterocycles. The summed E-state index contributed by atoms with van der Waals surface area (Å²) in [6.45, 7) is 2.50. The van der Waals surface area contributed by atoms with Crippen LogP contribution in [0.5, 0.6) is 0 Å². The fraction of sp³-hybridized carbons (Fsp3) is 0.417. The smallest absolute Gasteiger partial charge is 0.227 e. The van der Waals surface area contributed by atoms with Crippen molar-refractivity contribution in [1.82, 2.24) is 25.1 Å². The van der Waals surface area contributed by atoms with Crippen LogP contribution < -0.4 is 22.5 Å². The molecule has 0 radical (unpaired) electrons. The van der Waals surface area contributed by atoms with E-state index >= 15 is 0 Å². The van der Waals surface area contributed by atoms with Crippen LogP contribution in [0.4, 0.5) is 11.6 Å². The zero-order chi connectivity index (χ0) is 27.0. The highest BCUT2D eigenvalue weighted by Gasteiger charge is 2.42. The molecular formula is C24H28Cl2N10O2. The van der Waals surface area contributed by atoms with Crippen LogP contribution in [0.3, 0.4) is 0 Å². The van der Waals surface area contributed by atoms with Crippen LogP contribution in [0, 0.1) is 5.92 Å². The van der Waals surface area contributed by atoms with Crippen LogP contribution in [-0.4, -0.2) is 75.1 Å². The maximum atomic E-state index is 13.2. The number of anilines is 2. The lowest BCUT2D eigenvalue weighted by molar-refractivity contribution is -0.137. The first-order chi connectivity index (χ1) is 18.1. The summed E-state index contributed by atoms with van der Waals surface area (Å²) in [6, 6.07) is 7.38. The van der Waals surface area contributed by atoms with E-state index in [1.165, 1.54) is 0 Å². The van der Waals surface area contributed by atoms with E-state index in [-0.39, 0.29) is 58.0 Å². The number of nitrogens with two attached hydrogens (primary N) is 3. The second-order valence-corrected chi connectivity index (χ2v) is 10.6. The fourth-order valence-corrected chi connectivity index (χ4v) is 5.25. The van der Waals surface area contributed by atoms with E-state index < -0.39 is 0 Å². The zero-order valence-corrected chi connectivity index (χ0v) is 22.0. The lowest BCUT2D eigenvalue weighted by atomic mass is 9.87. The van der Waals surface area contributed by atoms with Gasteiger partial charge in [0.15, 0.2) is 22.6 Å². The first-order valence-electron chi connectivity index (χ1n) is 12.2. The molecule has 1 unspecified atom stereocenters. The summed E-state index contributed by atoms with van der Waals surface area (Å²) < 4.78 is 0. The molecular weight excluding hydrogens is 531 g/mol. The molecule has 5 rings (SSSR count). The Hall–Kier alpha value is -3.64. The number of hydrogen-bond donors (Lipinski definition) is 4. The summed E-state index contributed by atoms with van der Waals surface area (Å²) in [4.78, 5) is 46.2. The second kappa shape index (κ2) is 10.3. The summed E-state index contributed by atoms with van der Waals surface area (Å²) in [5.74, 6) is 0.0688. The lowest BCUT2D eigenvalue weighted by Crippen LogP contribution is -2.55. The van der Waals surface area contributed by atoms with E-state index in [2.05, 4.69) is 25.3 Å². The van der Waals surface area contributed by atoms with Crippen molar-refractivity contribution in [3.05, 3.63) is 45.7 Å². The van der Waals surface area contributed by atoms with E-state index in [0.717, 1.165) is 5.56 Å². The molecule has 1 aromatic heterocycles. The largest absolute Gasteiger partial charge is 0.382 e. The molecule has 7 N–H and O–H groups in total. The SMILES string of the molecule is NC(=NC1=NCC2(CCN(C(=O)C3CC(=O)N(Cc4ccc(Cl)cc4)C3)CC2)N1)c1nc(Cl)c(N)nc1N. The molecule has 14 heteroatoms. The monoisotopic (exact) mass is 558 g/mol. The molecule has 1 atom stereocenters. The van der Waals surface area contributed by atoms with Gasteiger partial charge in [-0.15, -0.1) is 0 Å². The van der Waals surface area contributed by atoms with E-state index in [9.17, 15) is 9.59 Å². The summed E-state index contributed by atoms with van der Waals surface area (Å²) >= 11 is 11.9. The number of guanidine groups is 1. The predicted octanol–water partition coefficient (Wildman–Crippen LogP) is 1.02. The lowest BCUT2D eigenvalue weighted by Gasteiger charge is -2.39. The highest BCUT2D eigenvalue weighted by Crippen LogP contribution is 2.29. The Morgan fingerprint density at radius 2 is 1.84 bits per heavy atom. The van der Waals surface area contributed by atoms with Crippen molar-refractivity contribution in [1.29, 1.82) is 0 Å². The van der Waals surface area contributed by atoms with Gasteiger partial charge in [-0.25, -0.2) is 15.0 Å². The molecule has 0 bridgehead atoms. The number of hydrogen-bond acceptors (Lipinski definition) is 9. The molecule has 3 aliphatic rings. The van der Waals surface area contributed by atoms with Gasteiger partial charge in [0.2, 0.25) is 17.8 Å². The number of nitrogen functional groups attached to an aromatic ring is 2. The van der Waals surface area contributed by atoms with Crippen LogP contribution >= 0.6 is 23.2 Å². The number of amides is 2. The van der Waals surface area contributed by atoms with Gasteiger partial charge >= 0.3 is 0 Å². The van der Waals surface area contributed by atoms with Crippen molar-refractivity contribution in [2.75, 3.05) is 37.6 Å². The topological polar surface area (TPSA) is 181 Å². The predicted molar refractivity (Wildman–Crippen MR) is 146 cm³/mol. The summed E-state index contributed by atoms with van der Waals surface area (Å²) in [5, 5.41) is 3.98. The first-order valence-corrected chi connectivity index (χ1v) is 12.9. The highest BCUT2D eigenvalue weighted by atomic mass is 35.5. The number of nitrogens with one attached hydrogen (secondary N) is 1. The number of likely N-dealkylation sites (tertiary alicyclic amines) is 2. The van der Waals surface area contributed by atoms with Crippen LogP contribution in [0.1, 0.15) is 30.5 Å². The number of amidine groups is 1. The van der Waals surface area contributed by atoms with E-state index in [0.29, 0.717) is 56.5 Å².